The molecule has 3 aromatic heterocycles. The third kappa shape index (κ3) is 1.59. The lowest BCUT2D eigenvalue weighted by molar-refractivity contribution is 0.660. The van der Waals surface area contributed by atoms with Gasteiger partial charge in [-0.05, 0) is 15.9 Å². The topological polar surface area (TPSA) is 74.0 Å². The minimum absolute atomic E-state index is 0.257. The van der Waals surface area contributed by atoms with E-state index < -0.39 is 0 Å². The molecule has 3 rings (SSSR count). The molecule has 0 aliphatic rings. The van der Waals surface area contributed by atoms with Gasteiger partial charge in [0.05, 0.1) is 12.2 Å². The van der Waals surface area contributed by atoms with Crippen LogP contribution in [-0.2, 0) is 6.54 Å². The summed E-state index contributed by atoms with van der Waals surface area (Å²) in [6.45, 7) is 0.555. The van der Waals surface area contributed by atoms with Crippen LogP contribution in [0.2, 0.25) is 0 Å². The summed E-state index contributed by atoms with van der Waals surface area (Å²) < 4.78 is 4.26. The fourth-order valence-electron chi connectivity index (χ4n) is 1.45. The summed E-state index contributed by atoms with van der Waals surface area (Å²) in [6.07, 6.45) is 3.94. The van der Waals surface area contributed by atoms with Gasteiger partial charge in [0.1, 0.15) is 0 Å². The van der Waals surface area contributed by atoms with Gasteiger partial charge < -0.3 is 5.73 Å². The van der Waals surface area contributed by atoms with E-state index in [2.05, 4.69) is 31.0 Å². The molecule has 0 spiro atoms. The number of aromatic nitrogens is 5. The maximum Gasteiger partial charge on any atom is 0.240 e. The normalized spacial score (nSPS) is 11.3. The van der Waals surface area contributed by atoms with Crippen molar-refractivity contribution >= 4 is 38.2 Å². The molecule has 3 aromatic rings. The Balaban J connectivity index is 1.94. The van der Waals surface area contributed by atoms with Crippen molar-refractivity contribution < 1.29 is 0 Å². The number of fused-ring (bicyclic) bond motifs is 1. The number of hydrogen-bond donors (Lipinski definition) is 1. The number of anilines is 1. The van der Waals surface area contributed by atoms with E-state index >= 15 is 0 Å². The van der Waals surface area contributed by atoms with Crippen molar-refractivity contribution in [3.8, 4) is 0 Å². The molecular weight excluding hydrogens is 292 g/mol. The van der Waals surface area contributed by atoms with Gasteiger partial charge >= 0.3 is 0 Å². The molecule has 2 N–H and O–H groups in total. The van der Waals surface area contributed by atoms with Crippen molar-refractivity contribution in [1.29, 1.82) is 0 Å². The van der Waals surface area contributed by atoms with Crippen LogP contribution in [0.5, 0.6) is 0 Å². The molecule has 0 bridgehead atoms. The van der Waals surface area contributed by atoms with E-state index in [0.717, 1.165) is 10.7 Å². The minimum Gasteiger partial charge on any atom is -0.366 e. The summed E-state index contributed by atoms with van der Waals surface area (Å²) >= 11 is 4.88. The Labute approximate surface area is 103 Å². The lowest BCUT2D eigenvalue weighted by atomic mass is 10.5. The van der Waals surface area contributed by atoms with Crippen molar-refractivity contribution in [2.24, 2.45) is 0 Å². The zero-order valence-electron chi connectivity index (χ0n) is 8.04. The Morgan fingerprint density at radius 1 is 1.44 bits per heavy atom. The number of nitrogens with two attached hydrogens (primary N) is 1. The zero-order chi connectivity index (χ0) is 11.1. The largest absolute Gasteiger partial charge is 0.366 e. The second kappa shape index (κ2) is 3.56. The van der Waals surface area contributed by atoms with Gasteiger partial charge in [0, 0.05) is 17.8 Å². The van der Waals surface area contributed by atoms with Gasteiger partial charge in [-0.3, -0.25) is 4.40 Å². The van der Waals surface area contributed by atoms with Gasteiger partial charge in [-0.1, -0.05) is 0 Å². The molecule has 0 aliphatic heterocycles. The van der Waals surface area contributed by atoms with Crippen molar-refractivity contribution in [2.45, 2.75) is 6.54 Å². The molecular formula is C8H7BrN6S. The summed E-state index contributed by atoms with van der Waals surface area (Å²) in [5.74, 6) is 0.257. The first-order valence-electron chi connectivity index (χ1n) is 4.49. The molecule has 0 unspecified atom stereocenters. The summed E-state index contributed by atoms with van der Waals surface area (Å²) in [6, 6.07) is 0. The summed E-state index contributed by atoms with van der Waals surface area (Å²) in [4.78, 5) is 9.38. The summed E-state index contributed by atoms with van der Waals surface area (Å²) in [5, 5.41) is 6.05. The predicted octanol–water partition coefficient (Wildman–Crippen LogP) is 1.38. The molecule has 0 fully saturated rings. The Morgan fingerprint density at radius 3 is 3.00 bits per heavy atom. The number of halogens is 1. The highest BCUT2D eigenvalue weighted by Gasteiger charge is 2.08. The molecule has 0 aliphatic carbocycles. The lowest BCUT2D eigenvalue weighted by Crippen LogP contribution is -2.03. The predicted molar refractivity (Wildman–Crippen MR) is 64.3 cm³/mol. The molecule has 0 aromatic carbocycles. The van der Waals surface area contributed by atoms with Crippen LogP contribution in [0.3, 0.4) is 0 Å². The third-order valence-corrected chi connectivity index (χ3v) is 3.46. The Bertz CT molecular complexity index is 609. The van der Waals surface area contributed by atoms with Gasteiger partial charge in [-0.25, -0.2) is 9.67 Å². The first kappa shape index (κ1) is 9.79. The maximum atomic E-state index is 5.49. The molecule has 16 heavy (non-hydrogen) atoms. The Morgan fingerprint density at radius 2 is 2.31 bits per heavy atom. The SMILES string of the molecule is Nc1nc(Br)n(Cc2cn3ccsc3n2)n1. The average Bonchev–Trinajstić information content (AvgIpc) is 2.82. The number of hydrogen-bond acceptors (Lipinski definition) is 5. The molecule has 0 saturated heterocycles. The van der Waals surface area contributed by atoms with Crippen molar-refractivity contribution in [3.05, 3.63) is 28.2 Å². The van der Waals surface area contributed by atoms with Crippen LogP contribution >= 0.6 is 27.3 Å². The molecule has 3 heterocycles. The third-order valence-electron chi connectivity index (χ3n) is 2.10. The second-order valence-corrected chi connectivity index (χ2v) is 4.80. The van der Waals surface area contributed by atoms with Crippen LogP contribution in [0, 0.1) is 0 Å². The maximum absolute atomic E-state index is 5.49. The van der Waals surface area contributed by atoms with E-state index in [9.17, 15) is 0 Å². The molecule has 82 valence electrons. The highest BCUT2D eigenvalue weighted by molar-refractivity contribution is 9.10. The average molecular weight is 299 g/mol. The Hall–Kier alpha value is -1.41. The summed E-state index contributed by atoms with van der Waals surface area (Å²) in [5.41, 5.74) is 6.42. The van der Waals surface area contributed by atoms with Crippen LogP contribution in [0.15, 0.2) is 22.5 Å². The molecule has 0 saturated carbocycles. The standard InChI is InChI=1S/C8H7BrN6S/c9-6-12-7(10)13-15(6)4-5-3-14-1-2-16-8(14)11-5/h1-3H,4H2,(H2,10,13). The van der Waals surface area contributed by atoms with E-state index in [1.807, 2.05) is 22.2 Å². The lowest BCUT2D eigenvalue weighted by Gasteiger charge is -1.96. The number of imidazole rings is 1. The highest BCUT2D eigenvalue weighted by atomic mass is 79.9. The van der Waals surface area contributed by atoms with Crippen LogP contribution in [0.4, 0.5) is 5.95 Å². The Kier molecular flexibility index (Phi) is 2.18. The smallest absolute Gasteiger partial charge is 0.240 e. The van der Waals surface area contributed by atoms with E-state index in [-0.39, 0.29) is 5.95 Å². The van der Waals surface area contributed by atoms with Gasteiger partial charge in [-0.2, -0.15) is 4.98 Å². The number of nitrogen functional groups attached to an aromatic ring is 1. The second-order valence-electron chi connectivity index (χ2n) is 3.22. The fraction of sp³-hybridized carbons (Fsp3) is 0.125. The molecule has 0 atom stereocenters. The number of thiazole rings is 1. The van der Waals surface area contributed by atoms with Gasteiger partial charge in [0.15, 0.2) is 9.69 Å². The van der Waals surface area contributed by atoms with Crippen LogP contribution in [-0.4, -0.2) is 24.1 Å². The zero-order valence-corrected chi connectivity index (χ0v) is 10.4. The van der Waals surface area contributed by atoms with Gasteiger partial charge in [-0.15, -0.1) is 16.4 Å². The van der Waals surface area contributed by atoms with E-state index in [1.165, 1.54) is 0 Å². The van der Waals surface area contributed by atoms with E-state index in [4.69, 9.17) is 5.73 Å². The fourth-order valence-corrected chi connectivity index (χ4v) is 2.55. The molecule has 6 nitrogen and oxygen atoms in total. The van der Waals surface area contributed by atoms with E-state index in [1.54, 1.807) is 16.0 Å². The van der Waals surface area contributed by atoms with E-state index in [0.29, 0.717) is 11.3 Å². The molecule has 8 heteroatoms. The first-order chi connectivity index (χ1) is 7.72. The molecule has 0 radical (unpaired) electrons. The van der Waals surface area contributed by atoms with Gasteiger partial charge in [0.2, 0.25) is 5.95 Å². The van der Waals surface area contributed by atoms with Crippen LogP contribution < -0.4 is 5.73 Å². The van der Waals surface area contributed by atoms with Crippen molar-refractivity contribution in [2.75, 3.05) is 5.73 Å². The summed E-state index contributed by atoms with van der Waals surface area (Å²) in [7, 11) is 0. The van der Waals surface area contributed by atoms with Crippen LogP contribution in [0.25, 0.3) is 4.96 Å². The number of nitrogens with zero attached hydrogens (tertiary/aromatic N) is 5. The van der Waals surface area contributed by atoms with Crippen molar-refractivity contribution in [3.63, 3.8) is 0 Å². The quantitative estimate of drug-likeness (QED) is 0.776. The van der Waals surface area contributed by atoms with Crippen LogP contribution in [0.1, 0.15) is 5.69 Å². The first-order valence-corrected chi connectivity index (χ1v) is 6.16. The molecule has 0 amide bonds. The minimum atomic E-state index is 0.257. The number of rotatable bonds is 2. The van der Waals surface area contributed by atoms with Gasteiger partial charge in [0.25, 0.3) is 0 Å². The monoisotopic (exact) mass is 298 g/mol. The van der Waals surface area contributed by atoms with Crippen molar-refractivity contribution in [1.82, 2.24) is 24.1 Å². The highest BCUT2D eigenvalue weighted by Crippen LogP contribution is 2.14.